The van der Waals surface area contributed by atoms with Crippen LogP contribution in [0.5, 0.6) is 23.0 Å². The highest BCUT2D eigenvalue weighted by atomic mass is 16.3. The van der Waals surface area contributed by atoms with Crippen LogP contribution >= 0.6 is 0 Å². The standard InChI is InChI=1S/C57H82N2O6/c1-34-25-38(29-42(47(34)61)52(5,6)7)17-21-56(33-46(58)60,22-18-39-26-35(2)48(62)43(30-39)53(8,9)10)57(51(59)65,23-19-40-27-36(3)49(63)44(31-40)54(11,12)13)24-20-41-28-37(4)50(64)45(32-41)55(14,15)16/h25-32,61-64H,17-24,33H2,1-16H3,(H2,58,60)(H2,59,65). The molecular weight excluding hydrogens is 809 g/mol. The molecule has 0 spiro atoms. The Morgan fingerprint density at radius 1 is 0.415 bits per heavy atom. The maximum absolute atomic E-state index is 15.1. The Kier molecular flexibility index (Phi) is 15.5. The number of nitrogens with two attached hydrogens (primary N) is 2. The summed E-state index contributed by atoms with van der Waals surface area (Å²) in [6, 6.07) is 16.1. The summed E-state index contributed by atoms with van der Waals surface area (Å²) < 4.78 is 0. The smallest absolute Gasteiger partial charge is 0.224 e. The summed E-state index contributed by atoms with van der Waals surface area (Å²) in [6.45, 7) is 32.4. The summed E-state index contributed by atoms with van der Waals surface area (Å²) in [5.41, 5.74) is 19.6. The summed E-state index contributed by atoms with van der Waals surface area (Å²) in [4.78, 5) is 28.9. The Morgan fingerprint density at radius 2 is 0.646 bits per heavy atom. The normalized spacial score (nSPS) is 13.0. The van der Waals surface area contributed by atoms with E-state index in [-0.39, 0.29) is 51.1 Å². The minimum Gasteiger partial charge on any atom is -0.507 e. The first-order chi connectivity index (χ1) is 29.6. The van der Waals surface area contributed by atoms with Gasteiger partial charge in [0.2, 0.25) is 11.8 Å². The van der Waals surface area contributed by atoms with Crippen LogP contribution in [0.1, 0.15) is 182 Å². The summed E-state index contributed by atoms with van der Waals surface area (Å²) in [6.07, 6.45) is 3.11. The molecule has 0 aliphatic carbocycles. The van der Waals surface area contributed by atoms with Gasteiger partial charge in [-0.25, -0.2) is 0 Å². The van der Waals surface area contributed by atoms with Crippen molar-refractivity contribution < 1.29 is 30.0 Å². The molecule has 356 valence electrons. The van der Waals surface area contributed by atoms with Gasteiger partial charge in [-0.15, -0.1) is 0 Å². The van der Waals surface area contributed by atoms with Gasteiger partial charge >= 0.3 is 0 Å². The quantitative estimate of drug-likeness (QED) is 0.0655. The van der Waals surface area contributed by atoms with Gasteiger partial charge in [0, 0.05) is 6.42 Å². The fourth-order valence-electron chi connectivity index (χ4n) is 10.2. The zero-order valence-corrected chi connectivity index (χ0v) is 42.7. The lowest BCUT2D eigenvalue weighted by molar-refractivity contribution is -0.143. The first-order valence-electron chi connectivity index (χ1n) is 23.5. The first kappa shape index (κ1) is 52.6. The zero-order chi connectivity index (χ0) is 49.4. The fourth-order valence-corrected chi connectivity index (χ4v) is 10.2. The Bertz CT molecular complexity index is 2250. The van der Waals surface area contributed by atoms with Crippen LogP contribution in [-0.2, 0) is 56.9 Å². The van der Waals surface area contributed by atoms with Crippen molar-refractivity contribution in [2.24, 2.45) is 22.3 Å². The predicted octanol–water partition coefficient (Wildman–Crippen LogP) is 12.1. The van der Waals surface area contributed by atoms with Crippen LogP contribution in [0.15, 0.2) is 48.5 Å². The van der Waals surface area contributed by atoms with E-state index in [4.69, 9.17) is 11.5 Å². The van der Waals surface area contributed by atoms with Crippen LogP contribution in [0.25, 0.3) is 0 Å². The highest BCUT2D eigenvalue weighted by Crippen LogP contribution is 2.55. The third kappa shape index (κ3) is 11.9. The van der Waals surface area contributed by atoms with Crippen molar-refractivity contribution in [1.82, 2.24) is 0 Å². The molecule has 0 fully saturated rings. The number of hydrogen-bond acceptors (Lipinski definition) is 6. The third-order valence-corrected chi connectivity index (χ3v) is 14.1. The lowest BCUT2D eigenvalue weighted by atomic mass is 9.52. The van der Waals surface area contributed by atoms with Crippen molar-refractivity contribution in [2.75, 3.05) is 0 Å². The molecule has 0 saturated carbocycles. The third-order valence-electron chi connectivity index (χ3n) is 14.1. The minimum atomic E-state index is -1.30. The van der Waals surface area contributed by atoms with Crippen LogP contribution in [0.4, 0.5) is 0 Å². The van der Waals surface area contributed by atoms with Gasteiger partial charge in [-0.3, -0.25) is 9.59 Å². The molecule has 0 unspecified atom stereocenters. The molecule has 0 heterocycles. The average Bonchev–Trinajstić information content (AvgIpc) is 3.15. The molecule has 0 aliphatic heterocycles. The topological polar surface area (TPSA) is 167 Å². The van der Waals surface area contributed by atoms with E-state index in [0.29, 0.717) is 51.4 Å². The van der Waals surface area contributed by atoms with E-state index >= 15 is 4.79 Å². The molecule has 0 radical (unpaired) electrons. The number of amides is 2. The van der Waals surface area contributed by atoms with Crippen LogP contribution in [-0.4, -0.2) is 32.2 Å². The number of primary amides is 2. The van der Waals surface area contributed by atoms with Crippen molar-refractivity contribution in [3.63, 3.8) is 0 Å². The van der Waals surface area contributed by atoms with Crippen LogP contribution < -0.4 is 11.5 Å². The number of phenols is 4. The van der Waals surface area contributed by atoms with Crippen molar-refractivity contribution in [3.8, 4) is 23.0 Å². The van der Waals surface area contributed by atoms with Crippen LogP contribution in [0.3, 0.4) is 0 Å². The summed E-state index contributed by atoms with van der Waals surface area (Å²) in [7, 11) is 0. The van der Waals surface area contributed by atoms with Gasteiger partial charge in [-0.2, -0.15) is 0 Å². The van der Waals surface area contributed by atoms with Crippen molar-refractivity contribution >= 4 is 11.8 Å². The molecule has 0 saturated heterocycles. The lowest BCUT2D eigenvalue weighted by Crippen LogP contribution is -2.54. The predicted molar refractivity (Wildman–Crippen MR) is 267 cm³/mol. The minimum absolute atomic E-state index is 0.105. The van der Waals surface area contributed by atoms with Gasteiger partial charge in [0.15, 0.2) is 0 Å². The van der Waals surface area contributed by atoms with E-state index in [1.54, 1.807) is 0 Å². The molecule has 0 atom stereocenters. The molecule has 2 amide bonds. The number of benzene rings is 4. The number of carbonyl (C=O) groups excluding carboxylic acids is 2. The maximum atomic E-state index is 15.1. The van der Waals surface area contributed by atoms with Crippen molar-refractivity contribution in [1.29, 1.82) is 0 Å². The highest BCUT2D eigenvalue weighted by molar-refractivity contribution is 5.84. The molecule has 8 N–H and O–H groups in total. The molecule has 4 aromatic rings. The lowest BCUT2D eigenvalue weighted by Gasteiger charge is -2.50. The van der Waals surface area contributed by atoms with Crippen LogP contribution in [0, 0.1) is 38.5 Å². The number of rotatable bonds is 16. The second kappa shape index (κ2) is 19.1. The van der Waals surface area contributed by atoms with Crippen molar-refractivity contribution in [3.05, 3.63) is 115 Å². The maximum Gasteiger partial charge on any atom is 0.224 e. The largest absolute Gasteiger partial charge is 0.507 e. The van der Waals surface area contributed by atoms with Gasteiger partial charge in [-0.1, -0.05) is 132 Å². The fraction of sp³-hybridized carbons (Fsp3) is 0.544. The van der Waals surface area contributed by atoms with E-state index in [9.17, 15) is 25.2 Å². The number of phenolic OH excluding ortho intramolecular Hbond substituents is 4. The SMILES string of the molecule is Cc1cc(CCC(CCc2cc(C)c(O)c(C(C)(C)C)c2)(CC(N)=O)C(CCc2cc(C)c(O)c(C(C)(C)C)c2)(CCc2cc(C)c(O)c(C(C)(C)C)c2)C(N)=O)cc(C(C)(C)C)c1O. The highest BCUT2D eigenvalue weighted by Gasteiger charge is 2.54. The molecule has 8 heteroatoms. The van der Waals surface area contributed by atoms with Gasteiger partial charge < -0.3 is 31.9 Å². The zero-order valence-electron chi connectivity index (χ0n) is 42.7. The van der Waals surface area contributed by atoms with E-state index in [1.807, 2.05) is 76.2 Å². The first-order valence-corrected chi connectivity index (χ1v) is 23.5. The number of aryl methyl sites for hydroxylation is 8. The molecule has 0 bridgehead atoms. The van der Waals surface area contributed by atoms with E-state index < -0.39 is 22.6 Å². The van der Waals surface area contributed by atoms with E-state index in [1.165, 1.54) is 0 Å². The monoisotopic (exact) mass is 891 g/mol. The molecule has 65 heavy (non-hydrogen) atoms. The molecule has 4 rings (SSSR count). The van der Waals surface area contributed by atoms with Crippen LogP contribution in [0.2, 0.25) is 0 Å². The number of hydrogen-bond donors (Lipinski definition) is 6. The second-order valence-electron chi connectivity index (χ2n) is 23.6. The number of aromatic hydroxyl groups is 4. The van der Waals surface area contributed by atoms with E-state index in [2.05, 4.69) is 83.1 Å². The summed E-state index contributed by atoms with van der Waals surface area (Å²) in [5.74, 6) is -0.0271. The molecular formula is C57H82N2O6. The van der Waals surface area contributed by atoms with Gasteiger partial charge in [0.05, 0.1) is 5.41 Å². The van der Waals surface area contributed by atoms with Crippen molar-refractivity contribution in [2.45, 2.75) is 190 Å². The Labute approximate surface area is 391 Å². The van der Waals surface area contributed by atoms with Gasteiger partial charge in [0.25, 0.3) is 0 Å². The second-order valence-corrected chi connectivity index (χ2v) is 23.6. The van der Waals surface area contributed by atoms with Gasteiger partial charge in [-0.05, 0) is 173 Å². The number of carbonyl (C=O) groups is 2. The van der Waals surface area contributed by atoms with E-state index in [0.717, 1.165) is 66.8 Å². The molecule has 8 nitrogen and oxygen atoms in total. The van der Waals surface area contributed by atoms with Gasteiger partial charge in [0.1, 0.15) is 23.0 Å². The Hall–Kier alpha value is -4.98. The molecule has 4 aromatic carbocycles. The molecule has 0 aromatic heterocycles. The average molecular weight is 891 g/mol. The Morgan fingerprint density at radius 3 is 0.846 bits per heavy atom. The summed E-state index contributed by atoms with van der Waals surface area (Å²) in [5, 5.41) is 44.9. The summed E-state index contributed by atoms with van der Waals surface area (Å²) >= 11 is 0. The Balaban J connectivity index is 2.08. The molecule has 0 aliphatic rings.